The summed E-state index contributed by atoms with van der Waals surface area (Å²) in [5.74, 6) is -1.61. The lowest BCUT2D eigenvalue weighted by Gasteiger charge is -2.20. The second-order valence-electron chi connectivity index (χ2n) is 7.94. The molecule has 31 heavy (non-hydrogen) atoms. The quantitative estimate of drug-likeness (QED) is 0.497. The van der Waals surface area contributed by atoms with Crippen LogP contribution in [0.3, 0.4) is 0 Å². The summed E-state index contributed by atoms with van der Waals surface area (Å²) in [6, 6.07) is 15.1. The van der Waals surface area contributed by atoms with E-state index in [0.29, 0.717) is 24.0 Å². The minimum Gasteiger partial charge on any atom is -0.462 e. The summed E-state index contributed by atoms with van der Waals surface area (Å²) < 4.78 is 24.8. The predicted octanol–water partition coefficient (Wildman–Crippen LogP) is 4.06. The van der Waals surface area contributed by atoms with E-state index in [-0.39, 0.29) is 48.4 Å². The number of carbonyl (C=O) groups is 3. The number of ether oxygens (including phenoxy) is 2. The molecule has 2 aromatic carbocycles. The van der Waals surface area contributed by atoms with E-state index in [1.165, 1.54) is 12.1 Å². The Kier molecular flexibility index (Phi) is 6.26. The summed E-state index contributed by atoms with van der Waals surface area (Å²) >= 11 is 0. The van der Waals surface area contributed by atoms with Crippen LogP contribution in [0.1, 0.15) is 35.2 Å². The largest absolute Gasteiger partial charge is 0.462 e. The molecule has 0 amide bonds. The maximum absolute atomic E-state index is 13.7. The fourth-order valence-electron chi connectivity index (χ4n) is 4.33. The molecule has 160 valence electrons. The number of rotatable bonds is 7. The van der Waals surface area contributed by atoms with Gasteiger partial charge in [0, 0.05) is 24.7 Å². The second kappa shape index (κ2) is 9.25. The molecule has 1 heterocycles. The summed E-state index contributed by atoms with van der Waals surface area (Å²) in [6.07, 6.45) is 3.51. The standard InChI is InChI=1S/C25H23FO5/c26-21-9-5-4-6-16(21)10-11-18(27)12-13-19-20-14-24(28)30-23(20)15-22(19)31-25(29)17-7-2-1-3-8-17/h1-9,12-13,19-20,22-23H,10-11,14-15H2/b13-12+/t19?,20?,22-,23?/m1/s1. The molecule has 0 N–H and O–H groups in total. The number of fused-ring (bicyclic) bond motifs is 1. The number of aryl methyl sites for hydroxylation is 1. The lowest BCUT2D eigenvalue weighted by molar-refractivity contribution is -0.141. The molecular weight excluding hydrogens is 399 g/mol. The summed E-state index contributed by atoms with van der Waals surface area (Å²) in [7, 11) is 0. The Labute approximate surface area is 179 Å². The summed E-state index contributed by atoms with van der Waals surface area (Å²) in [5.41, 5.74) is 0.940. The van der Waals surface area contributed by atoms with Crippen molar-refractivity contribution in [2.75, 3.05) is 0 Å². The Bertz CT molecular complexity index is 1000. The van der Waals surface area contributed by atoms with Gasteiger partial charge in [0.2, 0.25) is 0 Å². The average Bonchev–Trinajstić information content (AvgIpc) is 3.27. The van der Waals surface area contributed by atoms with Gasteiger partial charge in [-0.05, 0) is 36.3 Å². The number of carbonyl (C=O) groups excluding carboxylic acids is 3. The molecule has 4 atom stereocenters. The van der Waals surface area contributed by atoms with Gasteiger partial charge in [-0.2, -0.15) is 0 Å². The highest BCUT2D eigenvalue weighted by molar-refractivity contribution is 5.90. The monoisotopic (exact) mass is 422 g/mol. The molecule has 0 bridgehead atoms. The van der Waals surface area contributed by atoms with E-state index in [2.05, 4.69) is 0 Å². The molecule has 2 fully saturated rings. The maximum Gasteiger partial charge on any atom is 0.338 e. The van der Waals surface area contributed by atoms with E-state index >= 15 is 0 Å². The van der Waals surface area contributed by atoms with Crippen molar-refractivity contribution in [2.24, 2.45) is 11.8 Å². The van der Waals surface area contributed by atoms with Crippen molar-refractivity contribution in [3.05, 3.63) is 83.7 Å². The minimum atomic E-state index is -0.480. The Morgan fingerprint density at radius 2 is 1.84 bits per heavy atom. The molecule has 2 aromatic rings. The molecular formula is C25H23FO5. The maximum atomic E-state index is 13.7. The summed E-state index contributed by atoms with van der Waals surface area (Å²) in [5, 5.41) is 0. The molecule has 0 aromatic heterocycles. The van der Waals surface area contributed by atoms with Crippen LogP contribution in [0, 0.1) is 17.7 Å². The topological polar surface area (TPSA) is 69.7 Å². The third kappa shape index (κ3) is 4.90. The average molecular weight is 422 g/mol. The first kappa shape index (κ1) is 21.0. The van der Waals surface area contributed by atoms with Crippen molar-refractivity contribution in [1.29, 1.82) is 0 Å². The molecule has 0 spiro atoms. The van der Waals surface area contributed by atoms with Crippen molar-refractivity contribution >= 4 is 17.7 Å². The fourth-order valence-corrected chi connectivity index (χ4v) is 4.33. The SMILES string of the molecule is O=C(/C=C/C1C2CC(=O)OC2C[C@H]1OC(=O)c1ccccc1)CCc1ccccc1F. The molecule has 1 saturated heterocycles. The smallest absolute Gasteiger partial charge is 0.338 e. The molecule has 6 heteroatoms. The fraction of sp³-hybridized carbons (Fsp3) is 0.320. The Balaban J connectivity index is 1.42. The van der Waals surface area contributed by atoms with Gasteiger partial charge in [0.25, 0.3) is 0 Å². The molecule has 5 nitrogen and oxygen atoms in total. The highest BCUT2D eigenvalue weighted by Gasteiger charge is 2.50. The summed E-state index contributed by atoms with van der Waals surface area (Å²) in [6.45, 7) is 0. The van der Waals surface area contributed by atoms with Crippen LogP contribution in [-0.2, 0) is 25.5 Å². The summed E-state index contributed by atoms with van der Waals surface area (Å²) in [4.78, 5) is 36.6. The first-order valence-corrected chi connectivity index (χ1v) is 10.4. The van der Waals surface area contributed by atoms with Crippen LogP contribution in [0.5, 0.6) is 0 Å². The van der Waals surface area contributed by atoms with Gasteiger partial charge in [0.1, 0.15) is 18.0 Å². The molecule has 1 saturated carbocycles. The highest BCUT2D eigenvalue weighted by Crippen LogP contribution is 2.43. The van der Waals surface area contributed by atoms with Crippen LogP contribution in [0.25, 0.3) is 0 Å². The van der Waals surface area contributed by atoms with Crippen molar-refractivity contribution in [2.45, 2.75) is 37.9 Å². The van der Waals surface area contributed by atoms with Crippen molar-refractivity contribution in [3.63, 3.8) is 0 Å². The minimum absolute atomic E-state index is 0.128. The molecule has 3 unspecified atom stereocenters. The van der Waals surface area contributed by atoms with Crippen LogP contribution in [0.2, 0.25) is 0 Å². The van der Waals surface area contributed by atoms with E-state index in [1.54, 1.807) is 48.5 Å². The van der Waals surface area contributed by atoms with Gasteiger partial charge in [-0.3, -0.25) is 9.59 Å². The van der Waals surface area contributed by atoms with Crippen LogP contribution in [0.15, 0.2) is 66.7 Å². The number of hydrogen-bond acceptors (Lipinski definition) is 5. The van der Waals surface area contributed by atoms with Crippen LogP contribution >= 0.6 is 0 Å². The van der Waals surface area contributed by atoms with Crippen LogP contribution in [0.4, 0.5) is 4.39 Å². The molecule has 1 aliphatic carbocycles. The van der Waals surface area contributed by atoms with Gasteiger partial charge in [-0.25, -0.2) is 9.18 Å². The normalized spacial score (nSPS) is 24.7. The van der Waals surface area contributed by atoms with E-state index in [4.69, 9.17) is 9.47 Å². The first-order valence-electron chi connectivity index (χ1n) is 10.4. The third-order valence-corrected chi connectivity index (χ3v) is 5.92. The van der Waals surface area contributed by atoms with Crippen LogP contribution in [-0.4, -0.2) is 29.9 Å². The Hall–Kier alpha value is -3.28. The zero-order valence-electron chi connectivity index (χ0n) is 16.9. The van der Waals surface area contributed by atoms with Gasteiger partial charge in [0.15, 0.2) is 5.78 Å². The molecule has 1 aliphatic heterocycles. The number of esters is 2. The molecule has 0 radical (unpaired) electrons. The zero-order chi connectivity index (χ0) is 21.8. The zero-order valence-corrected chi connectivity index (χ0v) is 16.9. The number of benzene rings is 2. The Morgan fingerprint density at radius 3 is 2.61 bits per heavy atom. The number of ketones is 1. The Morgan fingerprint density at radius 1 is 1.10 bits per heavy atom. The van der Waals surface area contributed by atoms with Gasteiger partial charge < -0.3 is 9.47 Å². The van der Waals surface area contributed by atoms with E-state index in [9.17, 15) is 18.8 Å². The van der Waals surface area contributed by atoms with Crippen molar-refractivity contribution in [3.8, 4) is 0 Å². The predicted molar refractivity (Wildman–Crippen MR) is 111 cm³/mol. The van der Waals surface area contributed by atoms with Gasteiger partial charge in [-0.15, -0.1) is 0 Å². The molecule has 4 rings (SSSR count). The lowest BCUT2D eigenvalue weighted by Crippen LogP contribution is -2.25. The number of halogens is 1. The lowest BCUT2D eigenvalue weighted by atomic mass is 9.91. The van der Waals surface area contributed by atoms with E-state index < -0.39 is 12.1 Å². The highest BCUT2D eigenvalue weighted by atomic mass is 19.1. The molecule has 2 aliphatic rings. The van der Waals surface area contributed by atoms with Crippen molar-refractivity contribution < 1.29 is 28.2 Å². The number of hydrogen-bond donors (Lipinski definition) is 0. The van der Waals surface area contributed by atoms with Gasteiger partial charge in [-0.1, -0.05) is 42.5 Å². The van der Waals surface area contributed by atoms with Gasteiger partial charge in [0.05, 0.1) is 12.0 Å². The van der Waals surface area contributed by atoms with Gasteiger partial charge >= 0.3 is 11.9 Å². The van der Waals surface area contributed by atoms with Crippen LogP contribution < -0.4 is 0 Å². The second-order valence-corrected chi connectivity index (χ2v) is 7.94. The van der Waals surface area contributed by atoms with Crippen molar-refractivity contribution in [1.82, 2.24) is 0 Å². The first-order chi connectivity index (χ1) is 15.0. The number of allylic oxidation sites excluding steroid dienone is 1. The van der Waals surface area contributed by atoms with E-state index in [1.807, 2.05) is 6.07 Å². The third-order valence-electron chi connectivity index (χ3n) is 5.92. The van der Waals surface area contributed by atoms with E-state index in [0.717, 1.165) is 0 Å².